The summed E-state index contributed by atoms with van der Waals surface area (Å²) < 4.78 is 11.1. The molecule has 4 heteroatoms. The minimum Gasteiger partial charge on any atom is -0.395 e. The molecule has 2 fully saturated rings. The largest absolute Gasteiger partial charge is 0.395 e. The van der Waals surface area contributed by atoms with Gasteiger partial charge in [-0.3, -0.25) is 4.90 Å². The van der Waals surface area contributed by atoms with Crippen LogP contribution in [0.5, 0.6) is 0 Å². The van der Waals surface area contributed by atoms with Gasteiger partial charge in [0.2, 0.25) is 0 Å². The molecule has 2 saturated heterocycles. The number of aliphatic hydroxyl groups excluding tert-OH is 1. The first-order valence-corrected chi connectivity index (χ1v) is 6.98. The van der Waals surface area contributed by atoms with Crippen molar-refractivity contribution in [3.63, 3.8) is 0 Å². The van der Waals surface area contributed by atoms with Crippen LogP contribution in [0.25, 0.3) is 0 Å². The molecule has 0 aromatic carbocycles. The van der Waals surface area contributed by atoms with Gasteiger partial charge in [0.05, 0.1) is 19.8 Å². The molecule has 1 unspecified atom stereocenters. The predicted octanol–water partition coefficient (Wildman–Crippen LogP) is 1.38. The maximum atomic E-state index is 9.42. The number of rotatable bonds is 4. The summed E-state index contributed by atoms with van der Waals surface area (Å²) in [5.41, 5.74) is 0. The summed E-state index contributed by atoms with van der Waals surface area (Å²) in [4.78, 5) is 2.41. The third-order valence-electron chi connectivity index (χ3n) is 3.76. The van der Waals surface area contributed by atoms with E-state index in [0.717, 1.165) is 45.6 Å². The zero-order valence-electron chi connectivity index (χ0n) is 10.6. The van der Waals surface area contributed by atoms with E-state index in [0.29, 0.717) is 6.04 Å². The van der Waals surface area contributed by atoms with Crippen LogP contribution < -0.4 is 0 Å². The molecule has 100 valence electrons. The summed E-state index contributed by atoms with van der Waals surface area (Å²) in [7, 11) is 0. The molecule has 0 aromatic rings. The van der Waals surface area contributed by atoms with E-state index in [-0.39, 0.29) is 12.9 Å². The predicted molar refractivity (Wildman–Crippen MR) is 65.8 cm³/mol. The summed E-state index contributed by atoms with van der Waals surface area (Å²) in [6, 6.07) is 0.348. The van der Waals surface area contributed by atoms with Crippen LogP contribution in [-0.2, 0) is 9.47 Å². The normalized spacial score (nSPS) is 29.1. The van der Waals surface area contributed by atoms with Gasteiger partial charge >= 0.3 is 0 Å². The number of hydrogen-bond acceptors (Lipinski definition) is 4. The highest BCUT2D eigenvalue weighted by Gasteiger charge is 2.22. The lowest BCUT2D eigenvalue weighted by atomic mass is 10.1. The highest BCUT2D eigenvalue weighted by Crippen LogP contribution is 2.18. The van der Waals surface area contributed by atoms with E-state index in [1.807, 2.05) is 0 Å². The van der Waals surface area contributed by atoms with Crippen molar-refractivity contribution >= 4 is 0 Å². The Kier molecular flexibility index (Phi) is 5.71. The molecule has 0 aliphatic carbocycles. The standard InChI is InChI=1S/C13H25NO3/c15-11-12-5-2-1-3-7-14(12)8-6-13-16-9-4-10-17-13/h12-13,15H,1-11H2. The van der Waals surface area contributed by atoms with Crippen LogP contribution >= 0.6 is 0 Å². The Balaban J connectivity index is 1.74. The van der Waals surface area contributed by atoms with Crippen LogP contribution in [0.2, 0.25) is 0 Å². The van der Waals surface area contributed by atoms with Crippen molar-refractivity contribution < 1.29 is 14.6 Å². The molecule has 4 nitrogen and oxygen atoms in total. The minimum atomic E-state index is -0.0219. The number of ether oxygens (including phenoxy) is 2. The summed E-state index contributed by atoms with van der Waals surface area (Å²) in [5.74, 6) is 0. The average molecular weight is 243 g/mol. The fourth-order valence-electron chi connectivity index (χ4n) is 2.71. The molecule has 0 spiro atoms. The van der Waals surface area contributed by atoms with Crippen LogP contribution in [0.15, 0.2) is 0 Å². The zero-order valence-corrected chi connectivity index (χ0v) is 10.6. The van der Waals surface area contributed by atoms with E-state index < -0.39 is 0 Å². The maximum Gasteiger partial charge on any atom is 0.158 e. The fourth-order valence-corrected chi connectivity index (χ4v) is 2.71. The summed E-state index contributed by atoms with van der Waals surface area (Å²) in [6.07, 6.45) is 6.84. The molecule has 1 atom stereocenters. The molecule has 0 radical (unpaired) electrons. The van der Waals surface area contributed by atoms with E-state index in [1.54, 1.807) is 0 Å². The van der Waals surface area contributed by atoms with E-state index >= 15 is 0 Å². The number of hydrogen-bond donors (Lipinski definition) is 1. The van der Waals surface area contributed by atoms with Crippen molar-refractivity contribution in [3.05, 3.63) is 0 Å². The van der Waals surface area contributed by atoms with Crippen LogP contribution in [-0.4, -0.2) is 55.2 Å². The molecule has 2 heterocycles. The van der Waals surface area contributed by atoms with Gasteiger partial charge in [-0.25, -0.2) is 0 Å². The van der Waals surface area contributed by atoms with Gasteiger partial charge in [-0.2, -0.15) is 0 Å². The van der Waals surface area contributed by atoms with Crippen LogP contribution in [0, 0.1) is 0 Å². The molecule has 2 rings (SSSR count). The second-order valence-corrected chi connectivity index (χ2v) is 5.04. The highest BCUT2D eigenvalue weighted by molar-refractivity contribution is 4.75. The molecular weight excluding hydrogens is 218 g/mol. The van der Waals surface area contributed by atoms with Gasteiger partial charge in [0, 0.05) is 19.0 Å². The molecule has 17 heavy (non-hydrogen) atoms. The second kappa shape index (κ2) is 7.31. The molecule has 0 amide bonds. The van der Waals surface area contributed by atoms with E-state index in [9.17, 15) is 5.11 Å². The summed E-state index contributed by atoms with van der Waals surface area (Å²) in [5, 5.41) is 9.42. The molecule has 1 N–H and O–H groups in total. The number of nitrogens with zero attached hydrogens (tertiary/aromatic N) is 1. The SMILES string of the molecule is OCC1CCCCCN1CCC1OCCCO1. The van der Waals surface area contributed by atoms with Gasteiger partial charge in [-0.15, -0.1) is 0 Å². The Morgan fingerprint density at radius 1 is 1.06 bits per heavy atom. The molecule has 0 bridgehead atoms. The summed E-state index contributed by atoms with van der Waals surface area (Å²) in [6.45, 7) is 4.03. The van der Waals surface area contributed by atoms with Gasteiger partial charge < -0.3 is 14.6 Å². The van der Waals surface area contributed by atoms with Gasteiger partial charge in [-0.1, -0.05) is 12.8 Å². The van der Waals surface area contributed by atoms with Gasteiger partial charge in [0.1, 0.15) is 0 Å². The second-order valence-electron chi connectivity index (χ2n) is 5.04. The number of aliphatic hydroxyl groups is 1. The Morgan fingerprint density at radius 3 is 2.65 bits per heavy atom. The topological polar surface area (TPSA) is 41.9 Å². The first-order chi connectivity index (χ1) is 8.40. The third kappa shape index (κ3) is 4.21. The van der Waals surface area contributed by atoms with Crippen LogP contribution in [0.1, 0.15) is 38.5 Å². The first-order valence-electron chi connectivity index (χ1n) is 6.98. The lowest BCUT2D eigenvalue weighted by Gasteiger charge is -2.31. The molecule has 0 aromatic heterocycles. The van der Waals surface area contributed by atoms with E-state index in [2.05, 4.69) is 4.90 Å². The maximum absolute atomic E-state index is 9.42. The van der Waals surface area contributed by atoms with Gasteiger partial charge in [0.15, 0.2) is 6.29 Å². The molecule has 0 saturated carbocycles. The van der Waals surface area contributed by atoms with Crippen molar-refractivity contribution in [1.82, 2.24) is 4.90 Å². The van der Waals surface area contributed by atoms with Crippen molar-refractivity contribution in [2.24, 2.45) is 0 Å². The molecule has 2 aliphatic rings. The zero-order chi connectivity index (χ0) is 11.9. The van der Waals surface area contributed by atoms with Gasteiger partial charge in [0.25, 0.3) is 0 Å². The fraction of sp³-hybridized carbons (Fsp3) is 1.00. The average Bonchev–Trinajstić information content (AvgIpc) is 2.62. The quantitative estimate of drug-likeness (QED) is 0.810. The van der Waals surface area contributed by atoms with Crippen LogP contribution in [0.4, 0.5) is 0 Å². The monoisotopic (exact) mass is 243 g/mol. The molecule has 2 aliphatic heterocycles. The van der Waals surface area contributed by atoms with Crippen molar-refractivity contribution in [3.8, 4) is 0 Å². The van der Waals surface area contributed by atoms with Crippen molar-refractivity contribution in [2.45, 2.75) is 50.9 Å². The Labute approximate surface area is 104 Å². The highest BCUT2D eigenvalue weighted by atomic mass is 16.7. The Hall–Kier alpha value is -0.160. The summed E-state index contributed by atoms with van der Waals surface area (Å²) >= 11 is 0. The van der Waals surface area contributed by atoms with Crippen molar-refractivity contribution in [1.29, 1.82) is 0 Å². The van der Waals surface area contributed by atoms with Gasteiger partial charge in [-0.05, 0) is 25.8 Å². The van der Waals surface area contributed by atoms with Crippen molar-refractivity contribution in [2.75, 3.05) is 32.9 Å². The number of likely N-dealkylation sites (tertiary alicyclic amines) is 1. The van der Waals surface area contributed by atoms with E-state index in [4.69, 9.17) is 9.47 Å². The lowest BCUT2D eigenvalue weighted by Crippen LogP contribution is -2.40. The Morgan fingerprint density at radius 2 is 1.88 bits per heavy atom. The minimum absolute atomic E-state index is 0.0219. The third-order valence-corrected chi connectivity index (χ3v) is 3.76. The smallest absolute Gasteiger partial charge is 0.158 e. The molecular formula is C13H25NO3. The lowest BCUT2D eigenvalue weighted by molar-refractivity contribution is -0.183. The first kappa shape index (κ1) is 13.3. The van der Waals surface area contributed by atoms with Crippen LogP contribution in [0.3, 0.4) is 0 Å². The Bertz CT molecular complexity index is 207. The van der Waals surface area contributed by atoms with E-state index in [1.165, 1.54) is 19.3 Å².